The number of carbonyl (C=O) groups is 1. The van der Waals surface area contributed by atoms with Crippen LogP contribution in [0.25, 0.3) is 0 Å². The molecule has 0 saturated carbocycles. The van der Waals surface area contributed by atoms with Gasteiger partial charge in [-0.05, 0) is 56.2 Å². The molecule has 0 bridgehead atoms. The Morgan fingerprint density at radius 1 is 1.17 bits per heavy atom. The third kappa shape index (κ3) is 2.62. The van der Waals surface area contributed by atoms with Gasteiger partial charge in [-0.3, -0.25) is 4.79 Å². The van der Waals surface area contributed by atoms with E-state index in [9.17, 15) is 4.79 Å². The second kappa shape index (κ2) is 5.08. The number of benzene rings is 1. The van der Waals surface area contributed by atoms with Gasteiger partial charge in [0.15, 0.2) is 0 Å². The summed E-state index contributed by atoms with van der Waals surface area (Å²) in [6.45, 7) is 5.99. The maximum Gasteiger partial charge on any atom is 0.247 e. The molecular weight excluding hydrogens is 224 g/mol. The molecule has 1 atom stereocenters. The molecular formula is C15H18N2O. The first kappa shape index (κ1) is 12.4. The number of anilines is 1. The van der Waals surface area contributed by atoms with Crippen LogP contribution < -0.4 is 5.32 Å². The monoisotopic (exact) mass is 242 g/mol. The van der Waals surface area contributed by atoms with E-state index >= 15 is 0 Å². The average Bonchev–Trinajstić information content (AvgIpc) is 2.86. The Bertz CT molecular complexity index is 544. The maximum atomic E-state index is 12.1. The number of hydrogen-bond donors (Lipinski definition) is 1. The van der Waals surface area contributed by atoms with Crippen molar-refractivity contribution >= 4 is 11.6 Å². The van der Waals surface area contributed by atoms with Crippen LogP contribution in [0.15, 0.2) is 42.7 Å². The Morgan fingerprint density at radius 3 is 2.44 bits per heavy atom. The summed E-state index contributed by atoms with van der Waals surface area (Å²) in [6, 6.07) is 9.57. The molecule has 2 aromatic rings. The smallest absolute Gasteiger partial charge is 0.247 e. The molecule has 3 nitrogen and oxygen atoms in total. The Morgan fingerprint density at radius 2 is 1.83 bits per heavy atom. The molecule has 0 fully saturated rings. The van der Waals surface area contributed by atoms with Crippen molar-refractivity contribution in [3.8, 4) is 0 Å². The molecule has 3 heteroatoms. The molecule has 0 spiro atoms. The van der Waals surface area contributed by atoms with Crippen LogP contribution in [0.4, 0.5) is 5.69 Å². The summed E-state index contributed by atoms with van der Waals surface area (Å²) in [5.74, 6) is -0.00514. The fourth-order valence-electron chi connectivity index (χ4n) is 1.81. The lowest BCUT2D eigenvalue weighted by Crippen LogP contribution is -2.22. The predicted molar refractivity (Wildman–Crippen MR) is 73.7 cm³/mol. The van der Waals surface area contributed by atoms with E-state index in [1.165, 1.54) is 11.1 Å². The molecule has 1 heterocycles. The van der Waals surface area contributed by atoms with Crippen molar-refractivity contribution in [3.63, 3.8) is 0 Å². The van der Waals surface area contributed by atoms with E-state index in [0.717, 1.165) is 5.69 Å². The first-order chi connectivity index (χ1) is 8.58. The minimum atomic E-state index is -0.207. The minimum absolute atomic E-state index is 0.00514. The Balaban J connectivity index is 2.09. The summed E-state index contributed by atoms with van der Waals surface area (Å²) in [7, 11) is 0. The summed E-state index contributed by atoms with van der Waals surface area (Å²) in [6.07, 6.45) is 3.79. The highest BCUT2D eigenvalue weighted by molar-refractivity contribution is 5.93. The minimum Gasteiger partial charge on any atom is -0.342 e. The van der Waals surface area contributed by atoms with Crippen LogP contribution in [-0.4, -0.2) is 10.5 Å². The first-order valence-electron chi connectivity index (χ1n) is 6.08. The summed E-state index contributed by atoms with van der Waals surface area (Å²) in [4.78, 5) is 12.1. The molecule has 1 amide bonds. The standard InChI is InChI=1S/C15H18N2O/c1-11-6-7-14(10-12(11)2)16-15(18)13(3)17-8-4-5-9-17/h4-10,13H,1-3H3,(H,16,18). The van der Waals surface area contributed by atoms with Crippen molar-refractivity contribution in [2.24, 2.45) is 0 Å². The van der Waals surface area contributed by atoms with E-state index in [-0.39, 0.29) is 11.9 Å². The molecule has 1 aromatic carbocycles. The third-order valence-corrected chi connectivity index (χ3v) is 3.23. The lowest BCUT2D eigenvalue weighted by molar-refractivity contribution is -0.118. The van der Waals surface area contributed by atoms with Gasteiger partial charge in [-0.15, -0.1) is 0 Å². The molecule has 18 heavy (non-hydrogen) atoms. The topological polar surface area (TPSA) is 34.0 Å². The number of nitrogens with one attached hydrogen (secondary N) is 1. The fraction of sp³-hybridized carbons (Fsp3) is 0.267. The van der Waals surface area contributed by atoms with Crippen molar-refractivity contribution in [1.82, 2.24) is 4.57 Å². The van der Waals surface area contributed by atoms with Crippen LogP contribution >= 0.6 is 0 Å². The Labute approximate surface area is 107 Å². The van der Waals surface area contributed by atoms with Gasteiger partial charge >= 0.3 is 0 Å². The number of nitrogens with zero attached hydrogens (tertiary/aromatic N) is 1. The predicted octanol–water partition coefficient (Wildman–Crippen LogP) is 3.30. The van der Waals surface area contributed by atoms with E-state index in [0.29, 0.717) is 0 Å². The van der Waals surface area contributed by atoms with Crippen LogP contribution in [0.1, 0.15) is 24.1 Å². The molecule has 94 valence electrons. The van der Waals surface area contributed by atoms with Gasteiger partial charge in [-0.25, -0.2) is 0 Å². The zero-order valence-corrected chi connectivity index (χ0v) is 11.0. The van der Waals surface area contributed by atoms with Crippen LogP contribution in [0.5, 0.6) is 0 Å². The molecule has 0 aliphatic heterocycles. The molecule has 0 aliphatic carbocycles. The summed E-state index contributed by atoms with van der Waals surface area (Å²) < 4.78 is 1.89. The third-order valence-electron chi connectivity index (χ3n) is 3.23. The second-order valence-electron chi connectivity index (χ2n) is 4.59. The van der Waals surface area contributed by atoms with E-state index in [2.05, 4.69) is 12.2 Å². The van der Waals surface area contributed by atoms with Gasteiger partial charge in [0.2, 0.25) is 5.91 Å². The van der Waals surface area contributed by atoms with Crippen LogP contribution in [0.2, 0.25) is 0 Å². The highest BCUT2D eigenvalue weighted by atomic mass is 16.2. The van der Waals surface area contributed by atoms with Crippen molar-refractivity contribution in [3.05, 3.63) is 53.9 Å². The van der Waals surface area contributed by atoms with E-state index in [4.69, 9.17) is 0 Å². The van der Waals surface area contributed by atoms with Gasteiger partial charge in [-0.2, -0.15) is 0 Å². The van der Waals surface area contributed by atoms with Gasteiger partial charge in [0, 0.05) is 18.1 Å². The van der Waals surface area contributed by atoms with Crippen molar-refractivity contribution in [2.45, 2.75) is 26.8 Å². The summed E-state index contributed by atoms with van der Waals surface area (Å²) in [5, 5.41) is 2.94. The Hall–Kier alpha value is -2.03. The summed E-state index contributed by atoms with van der Waals surface area (Å²) >= 11 is 0. The number of hydrogen-bond acceptors (Lipinski definition) is 1. The second-order valence-corrected chi connectivity index (χ2v) is 4.59. The lowest BCUT2D eigenvalue weighted by atomic mass is 10.1. The van der Waals surface area contributed by atoms with E-state index in [1.807, 2.05) is 61.1 Å². The zero-order valence-electron chi connectivity index (χ0n) is 11.0. The summed E-state index contributed by atoms with van der Waals surface area (Å²) in [5.41, 5.74) is 3.26. The van der Waals surface area contributed by atoms with Gasteiger partial charge in [0.25, 0.3) is 0 Å². The van der Waals surface area contributed by atoms with Gasteiger partial charge < -0.3 is 9.88 Å². The molecule has 1 aromatic heterocycles. The largest absolute Gasteiger partial charge is 0.342 e. The molecule has 0 saturated heterocycles. The van der Waals surface area contributed by atoms with Crippen molar-refractivity contribution < 1.29 is 4.79 Å². The Kier molecular flexibility index (Phi) is 3.51. The average molecular weight is 242 g/mol. The van der Waals surface area contributed by atoms with Crippen LogP contribution in [0.3, 0.4) is 0 Å². The number of aromatic nitrogens is 1. The molecule has 0 aliphatic rings. The lowest BCUT2D eigenvalue weighted by Gasteiger charge is -2.14. The number of rotatable bonds is 3. The van der Waals surface area contributed by atoms with Crippen molar-refractivity contribution in [2.75, 3.05) is 5.32 Å². The van der Waals surface area contributed by atoms with Gasteiger partial charge in [0.05, 0.1) is 0 Å². The fourth-order valence-corrected chi connectivity index (χ4v) is 1.81. The van der Waals surface area contributed by atoms with Crippen molar-refractivity contribution in [1.29, 1.82) is 0 Å². The number of amides is 1. The van der Waals surface area contributed by atoms with E-state index < -0.39 is 0 Å². The highest BCUT2D eigenvalue weighted by Gasteiger charge is 2.13. The highest BCUT2D eigenvalue weighted by Crippen LogP contribution is 2.16. The maximum absolute atomic E-state index is 12.1. The first-order valence-corrected chi connectivity index (χ1v) is 6.08. The molecule has 0 radical (unpaired) electrons. The van der Waals surface area contributed by atoms with Gasteiger partial charge in [0.1, 0.15) is 6.04 Å². The molecule has 1 unspecified atom stereocenters. The van der Waals surface area contributed by atoms with E-state index in [1.54, 1.807) is 0 Å². The van der Waals surface area contributed by atoms with Gasteiger partial charge in [-0.1, -0.05) is 6.07 Å². The van der Waals surface area contributed by atoms with Crippen LogP contribution in [0, 0.1) is 13.8 Å². The molecule has 1 N–H and O–H groups in total. The molecule has 2 rings (SSSR count). The SMILES string of the molecule is Cc1ccc(NC(=O)C(C)n2cccc2)cc1C. The quantitative estimate of drug-likeness (QED) is 0.880. The number of aryl methyl sites for hydroxylation is 2. The van der Waals surface area contributed by atoms with Crippen LogP contribution in [-0.2, 0) is 4.79 Å². The zero-order chi connectivity index (χ0) is 13.1. The normalized spacial score (nSPS) is 12.2. The number of carbonyl (C=O) groups excluding carboxylic acids is 1.